The molecule has 7 heteroatoms. The quantitative estimate of drug-likeness (QED) is 0.543. The number of likely N-dealkylation sites (tertiary alicyclic amines) is 1. The topological polar surface area (TPSA) is 85.5 Å². The van der Waals surface area contributed by atoms with Crippen LogP contribution in [0.5, 0.6) is 0 Å². The van der Waals surface area contributed by atoms with E-state index in [9.17, 15) is 14.4 Å². The molecule has 0 aliphatic carbocycles. The number of carbonyl (C=O) groups is 3. The maximum absolute atomic E-state index is 13.2. The van der Waals surface area contributed by atoms with E-state index in [2.05, 4.69) is 15.2 Å². The van der Waals surface area contributed by atoms with E-state index in [1.165, 1.54) is 12.8 Å². The number of nitrogens with one attached hydrogen (secondary N) is 2. The number of hydrogen-bond donors (Lipinski definition) is 2. The molecular weight excluding hydrogens is 404 g/mol. The van der Waals surface area contributed by atoms with Gasteiger partial charge in [0.25, 0.3) is 11.8 Å². The highest BCUT2D eigenvalue weighted by atomic mass is 16.2. The van der Waals surface area contributed by atoms with Crippen LogP contribution in [0.4, 0.5) is 5.69 Å². The highest BCUT2D eigenvalue weighted by molar-refractivity contribution is 6.35. The molecule has 7 nitrogen and oxygen atoms in total. The van der Waals surface area contributed by atoms with Crippen molar-refractivity contribution in [2.75, 3.05) is 38.0 Å². The van der Waals surface area contributed by atoms with Crippen LogP contribution in [0.1, 0.15) is 51.3 Å². The maximum atomic E-state index is 13.2. The number of carbonyl (C=O) groups excluding carboxylic acids is 3. The molecule has 2 amide bonds. The van der Waals surface area contributed by atoms with E-state index in [1.54, 1.807) is 0 Å². The van der Waals surface area contributed by atoms with Gasteiger partial charge in [0.1, 0.15) is 6.29 Å². The SMILES string of the molecule is Cc1c(/C=C2\C(=O)Nc3ccc(CC=O)cc32)[nH]c2c1C(=O)N(CCN1CCCC1)CC2. The molecule has 1 aromatic heterocycles. The first kappa shape index (κ1) is 20.7. The predicted molar refractivity (Wildman–Crippen MR) is 124 cm³/mol. The number of aromatic amines is 1. The number of anilines is 1. The zero-order valence-corrected chi connectivity index (χ0v) is 18.4. The lowest BCUT2D eigenvalue weighted by Gasteiger charge is -2.29. The van der Waals surface area contributed by atoms with Crippen LogP contribution in [0.2, 0.25) is 0 Å². The summed E-state index contributed by atoms with van der Waals surface area (Å²) in [4.78, 5) is 44.6. The Morgan fingerprint density at radius 1 is 1.09 bits per heavy atom. The Kier molecular flexibility index (Phi) is 5.43. The average Bonchev–Trinajstić information content (AvgIpc) is 3.48. The zero-order chi connectivity index (χ0) is 22.2. The van der Waals surface area contributed by atoms with Crippen LogP contribution >= 0.6 is 0 Å². The van der Waals surface area contributed by atoms with Crippen molar-refractivity contribution in [2.45, 2.75) is 32.6 Å². The summed E-state index contributed by atoms with van der Waals surface area (Å²) in [5, 5.41) is 2.89. The largest absolute Gasteiger partial charge is 0.358 e. The van der Waals surface area contributed by atoms with Crippen molar-refractivity contribution in [2.24, 2.45) is 0 Å². The molecule has 3 aliphatic heterocycles. The van der Waals surface area contributed by atoms with Crippen molar-refractivity contribution >= 4 is 35.4 Å². The van der Waals surface area contributed by atoms with E-state index in [4.69, 9.17) is 0 Å². The van der Waals surface area contributed by atoms with E-state index in [0.29, 0.717) is 18.5 Å². The fraction of sp³-hybridized carbons (Fsp3) is 0.400. The standard InChI is InChI=1S/C25H28N4O3/c1-16-22(15-19-18-14-17(7-13-30)4-5-20(18)27-24(19)31)26-21-6-10-29(25(32)23(16)21)12-11-28-8-2-3-9-28/h4-5,13-15,26H,2-3,6-12H2,1H3,(H,27,31)/b19-15-. The summed E-state index contributed by atoms with van der Waals surface area (Å²) in [5.41, 5.74) is 6.33. The van der Waals surface area contributed by atoms with E-state index in [1.807, 2.05) is 36.1 Å². The third-order valence-electron chi connectivity index (χ3n) is 6.86. The monoisotopic (exact) mass is 432 g/mol. The van der Waals surface area contributed by atoms with Gasteiger partial charge in [0.05, 0.1) is 11.1 Å². The number of hydrogen-bond acceptors (Lipinski definition) is 4. The molecule has 5 rings (SSSR count). The van der Waals surface area contributed by atoms with E-state index in [0.717, 1.165) is 78.2 Å². The van der Waals surface area contributed by atoms with E-state index >= 15 is 0 Å². The summed E-state index contributed by atoms with van der Waals surface area (Å²) in [6, 6.07) is 5.57. The molecule has 0 spiro atoms. The van der Waals surface area contributed by atoms with Gasteiger partial charge in [0.2, 0.25) is 0 Å². The van der Waals surface area contributed by atoms with Crippen LogP contribution in [-0.4, -0.2) is 65.6 Å². The minimum Gasteiger partial charge on any atom is -0.358 e. The van der Waals surface area contributed by atoms with Crippen LogP contribution in [0, 0.1) is 6.92 Å². The number of rotatable bonds is 6. The number of benzene rings is 1. The molecule has 1 saturated heterocycles. The predicted octanol–water partition coefficient (Wildman–Crippen LogP) is 2.65. The van der Waals surface area contributed by atoms with Crippen molar-refractivity contribution in [1.82, 2.24) is 14.8 Å². The van der Waals surface area contributed by atoms with Gasteiger partial charge in [0, 0.05) is 55.1 Å². The van der Waals surface area contributed by atoms with Gasteiger partial charge in [-0.25, -0.2) is 0 Å². The zero-order valence-electron chi connectivity index (χ0n) is 18.4. The molecule has 0 unspecified atom stereocenters. The molecule has 0 saturated carbocycles. The Morgan fingerprint density at radius 3 is 2.69 bits per heavy atom. The van der Waals surface area contributed by atoms with Gasteiger partial charge in [-0.2, -0.15) is 0 Å². The minimum atomic E-state index is -0.172. The van der Waals surface area contributed by atoms with Gasteiger partial charge < -0.3 is 24.9 Å². The number of fused-ring (bicyclic) bond motifs is 2. The van der Waals surface area contributed by atoms with Gasteiger partial charge in [0.15, 0.2) is 0 Å². The lowest BCUT2D eigenvalue weighted by atomic mass is 9.99. The number of aromatic nitrogens is 1. The highest BCUT2D eigenvalue weighted by Crippen LogP contribution is 2.35. The van der Waals surface area contributed by atoms with Crippen LogP contribution in [0.15, 0.2) is 18.2 Å². The average molecular weight is 433 g/mol. The Labute approximate surface area is 187 Å². The van der Waals surface area contributed by atoms with Crippen LogP contribution in [0.3, 0.4) is 0 Å². The van der Waals surface area contributed by atoms with Gasteiger partial charge in [-0.05, 0) is 62.2 Å². The Balaban J connectivity index is 1.41. The van der Waals surface area contributed by atoms with Gasteiger partial charge in [-0.15, -0.1) is 0 Å². The van der Waals surface area contributed by atoms with Crippen molar-refractivity contribution in [3.05, 3.63) is 51.8 Å². The first-order chi connectivity index (χ1) is 15.5. The van der Waals surface area contributed by atoms with Gasteiger partial charge >= 0.3 is 0 Å². The normalized spacial score (nSPS) is 19.4. The molecule has 4 heterocycles. The van der Waals surface area contributed by atoms with E-state index < -0.39 is 0 Å². The molecule has 1 aromatic carbocycles. The third-order valence-corrected chi connectivity index (χ3v) is 6.86. The first-order valence-corrected chi connectivity index (χ1v) is 11.4. The Bertz CT molecular complexity index is 1120. The van der Waals surface area contributed by atoms with Crippen molar-refractivity contribution in [3.8, 4) is 0 Å². The second-order valence-corrected chi connectivity index (χ2v) is 8.87. The fourth-order valence-corrected chi connectivity index (χ4v) is 5.04. The van der Waals surface area contributed by atoms with Crippen LogP contribution in [-0.2, 0) is 22.4 Å². The van der Waals surface area contributed by atoms with Crippen molar-refractivity contribution < 1.29 is 14.4 Å². The Hall–Kier alpha value is -3.19. The summed E-state index contributed by atoms with van der Waals surface area (Å²) in [5.74, 6) is -0.0952. The minimum absolute atomic E-state index is 0.0772. The Morgan fingerprint density at radius 2 is 1.91 bits per heavy atom. The van der Waals surface area contributed by atoms with Crippen molar-refractivity contribution in [3.63, 3.8) is 0 Å². The van der Waals surface area contributed by atoms with E-state index in [-0.39, 0.29) is 11.8 Å². The molecular formula is C25H28N4O3. The second kappa shape index (κ2) is 8.39. The number of nitrogens with zero attached hydrogens (tertiary/aromatic N) is 2. The summed E-state index contributed by atoms with van der Waals surface area (Å²) in [6.45, 7) is 6.61. The van der Waals surface area contributed by atoms with Gasteiger partial charge in [-0.3, -0.25) is 9.59 Å². The number of aldehydes is 1. The van der Waals surface area contributed by atoms with Crippen LogP contribution in [0.25, 0.3) is 11.6 Å². The third kappa shape index (κ3) is 3.66. The molecule has 166 valence electrons. The summed E-state index contributed by atoms with van der Waals surface area (Å²) in [7, 11) is 0. The summed E-state index contributed by atoms with van der Waals surface area (Å²) in [6.07, 6.45) is 6.30. The number of amides is 2. The lowest BCUT2D eigenvalue weighted by Crippen LogP contribution is -2.42. The summed E-state index contributed by atoms with van der Waals surface area (Å²) >= 11 is 0. The molecule has 3 aliphatic rings. The fourth-order valence-electron chi connectivity index (χ4n) is 5.04. The second-order valence-electron chi connectivity index (χ2n) is 8.87. The smallest absolute Gasteiger partial charge is 0.256 e. The van der Waals surface area contributed by atoms with Crippen molar-refractivity contribution in [1.29, 1.82) is 0 Å². The summed E-state index contributed by atoms with van der Waals surface area (Å²) < 4.78 is 0. The molecule has 0 radical (unpaired) electrons. The number of H-pyrrole nitrogens is 1. The van der Waals surface area contributed by atoms with Crippen LogP contribution < -0.4 is 5.32 Å². The molecule has 0 bridgehead atoms. The molecule has 2 aromatic rings. The van der Waals surface area contributed by atoms with Gasteiger partial charge in [-0.1, -0.05) is 6.07 Å². The highest BCUT2D eigenvalue weighted by Gasteiger charge is 2.30. The molecule has 1 fully saturated rings. The molecule has 32 heavy (non-hydrogen) atoms. The lowest BCUT2D eigenvalue weighted by molar-refractivity contribution is -0.110. The molecule has 0 atom stereocenters. The molecule has 2 N–H and O–H groups in total. The first-order valence-electron chi connectivity index (χ1n) is 11.4. The maximum Gasteiger partial charge on any atom is 0.256 e.